The molecule has 9 heteroatoms. The summed E-state index contributed by atoms with van der Waals surface area (Å²) in [6.07, 6.45) is 1.27. The fourth-order valence-corrected chi connectivity index (χ4v) is 3.87. The largest absolute Gasteiger partial charge is 0.503 e. The minimum atomic E-state index is -0.802. The molecule has 1 unspecified atom stereocenters. The number of hydrogen-bond donors (Lipinski definition) is 2. The van der Waals surface area contributed by atoms with Gasteiger partial charge < -0.3 is 10.4 Å². The minimum Gasteiger partial charge on any atom is -0.503 e. The number of carbonyl (C=O) groups is 2. The van der Waals surface area contributed by atoms with Crippen molar-refractivity contribution in [3.05, 3.63) is 72.7 Å². The highest BCUT2D eigenvalue weighted by Gasteiger charge is 2.36. The number of carbonyl (C=O) groups excluding carboxylic acids is 2. The predicted octanol–water partition coefficient (Wildman–Crippen LogP) is 5.03. The minimum absolute atomic E-state index is 0.0161. The van der Waals surface area contributed by atoms with E-state index in [4.69, 9.17) is 23.2 Å². The summed E-state index contributed by atoms with van der Waals surface area (Å²) in [5, 5.41) is 13.9. The van der Waals surface area contributed by atoms with E-state index in [0.717, 1.165) is 10.5 Å². The quantitative estimate of drug-likeness (QED) is 0.485. The summed E-state index contributed by atoms with van der Waals surface area (Å²) in [6, 6.07) is 9.49. The van der Waals surface area contributed by atoms with Crippen LogP contribution >= 0.6 is 45.8 Å². The summed E-state index contributed by atoms with van der Waals surface area (Å²) in [5.41, 5.74) is 0.908. The summed E-state index contributed by atoms with van der Waals surface area (Å²) in [7, 11) is 0. The molecule has 0 bridgehead atoms. The Morgan fingerprint density at radius 2 is 2.00 bits per heavy atom. The number of aryl methyl sites for hydroxylation is 1. The van der Waals surface area contributed by atoms with Crippen molar-refractivity contribution in [3.8, 4) is 0 Å². The molecule has 0 saturated heterocycles. The number of hydrogen-bond acceptors (Lipinski definition) is 3. The van der Waals surface area contributed by atoms with Crippen LogP contribution in [0.5, 0.6) is 0 Å². The van der Waals surface area contributed by atoms with E-state index in [2.05, 4.69) is 5.32 Å². The molecule has 2 amide bonds. The Morgan fingerprint density at radius 1 is 1.27 bits per heavy atom. The summed E-state index contributed by atoms with van der Waals surface area (Å²) in [6.45, 7) is 1.62. The average molecular weight is 563 g/mol. The lowest BCUT2D eigenvalue weighted by Gasteiger charge is -2.18. The molecule has 3 rings (SSSR count). The van der Waals surface area contributed by atoms with Gasteiger partial charge in [0.15, 0.2) is 5.76 Å². The normalized spacial score (nSPS) is 15.0. The number of rotatable bonds is 6. The standard InChI is InChI=1S/C21H18Cl2FIN2O3/c1-11(2-3-12-4-6-15(22)16(23)8-12)26-20(29)14-10-27(21(30)19(14)28)18-7-5-13(25)9-17(18)24/h4-9,11,28H,2-3,10H2,1H3,(H,26,29). The third-order valence-electron chi connectivity index (χ3n) is 4.75. The number of aliphatic hydroxyl groups excluding tert-OH is 1. The van der Waals surface area contributed by atoms with Crippen LogP contribution in [0, 0.1) is 9.39 Å². The van der Waals surface area contributed by atoms with Crippen molar-refractivity contribution in [1.82, 2.24) is 5.32 Å². The molecule has 0 fully saturated rings. The molecular weight excluding hydrogens is 545 g/mol. The molecule has 0 radical (unpaired) electrons. The van der Waals surface area contributed by atoms with Gasteiger partial charge in [-0.25, -0.2) is 4.39 Å². The van der Waals surface area contributed by atoms with Crippen molar-refractivity contribution >= 4 is 63.3 Å². The fourth-order valence-electron chi connectivity index (χ4n) is 3.10. The lowest BCUT2D eigenvalue weighted by molar-refractivity contribution is -0.119. The van der Waals surface area contributed by atoms with Crippen molar-refractivity contribution in [2.45, 2.75) is 25.8 Å². The number of benzene rings is 2. The lowest BCUT2D eigenvalue weighted by Crippen LogP contribution is -2.35. The van der Waals surface area contributed by atoms with Crippen LogP contribution in [0.25, 0.3) is 0 Å². The first-order chi connectivity index (χ1) is 14.2. The van der Waals surface area contributed by atoms with Crippen LogP contribution in [0.15, 0.2) is 47.7 Å². The van der Waals surface area contributed by atoms with Crippen LogP contribution in [0.4, 0.5) is 10.1 Å². The van der Waals surface area contributed by atoms with Crippen LogP contribution < -0.4 is 10.2 Å². The number of halogens is 4. The van der Waals surface area contributed by atoms with Gasteiger partial charge in [-0.2, -0.15) is 0 Å². The molecule has 2 aromatic rings. The second-order valence-corrected chi connectivity index (χ2v) is 9.04. The Hall–Kier alpha value is -1.84. The van der Waals surface area contributed by atoms with E-state index in [1.807, 2.05) is 35.6 Å². The molecule has 0 spiro atoms. The number of amides is 2. The zero-order chi connectivity index (χ0) is 22.0. The maximum atomic E-state index is 14.2. The summed E-state index contributed by atoms with van der Waals surface area (Å²) in [5.74, 6) is -2.62. The maximum absolute atomic E-state index is 14.2. The van der Waals surface area contributed by atoms with E-state index < -0.39 is 23.4 Å². The van der Waals surface area contributed by atoms with E-state index in [0.29, 0.717) is 26.5 Å². The topological polar surface area (TPSA) is 69.6 Å². The van der Waals surface area contributed by atoms with E-state index in [-0.39, 0.29) is 23.8 Å². The molecule has 158 valence electrons. The molecule has 0 aliphatic carbocycles. The summed E-state index contributed by atoms with van der Waals surface area (Å²) >= 11 is 13.9. The van der Waals surface area contributed by atoms with Crippen molar-refractivity contribution in [2.24, 2.45) is 0 Å². The lowest BCUT2D eigenvalue weighted by atomic mass is 10.1. The molecule has 1 heterocycles. The van der Waals surface area contributed by atoms with Gasteiger partial charge in [-0.3, -0.25) is 14.5 Å². The zero-order valence-electron chi connectivity index (χ0n) is 15.9. The number of aliphatic hydroxyl groups is 1. The highest BCUT2D eigenvalue weighted by Crippen LogP contribution is 2.28. The van der Waals surface area contributed by atoms with Crippen molar-refractivity contribution in [2.75, 3.05) is 11.4 Å². The van der Waals surface area contributed by atoms with Crippen molar-refractivity contribution in [1.29, 1.82) is 0 Å². The van der Waals surface area contributed by atoms with E-state index in [1.54, 1.807) is 18.2 Å². The van der Waals surface area contributed by atoms with Gasteiger partial charge in [0, 0.05) is 9.61 Å². The first-order valence-electron chi connectivity index (χ1n) is 9.11. The van der Waals surface area contributed by atoms with Crippen molar-refractivity contribution < 1.29 is 19.1 Å². The Labute approximate surface area is 197 Å². The third kappa shape index (κ3) is 5.07. The number of nitrogens with zero attached hydrogens (tertiary/aromatic N) is 1. The van der Waals surface area contributed by atoms with Gasteiger partial charge in [0.25, 0.3) is 11.8 Å². The molecule has 1 atom stereocenters. The van der Waals surface area contributed by atoms with E-state index in [9.17, 15) is 19.1 Å². The smallest absolute Gasteiger partial charge is 0.294 e. The molecular formula is C21H18Cl2FIN2O3. The van der Waals surface area contributed by atoms with Crippen LogP contribution in [-0.4, -0.2) is 29.5 Å². The monoisotopic (exact) mass is 562 g/mol. The predicted molar refractivity (Wildman–Crippen MR) is 124 cm³/mol. The number of anilines is 1. The zero-order valence-corrected chi connectivity index (χ0v) is 19.6. The van der Waals surface area contributed by atoms with Crippen LogP contribution in [0.3, 0.4) is 0 Å². The maximum Gasteiger partial charge on any atom is 0.294 e. The second kappa shape index (κ2) is 9.53. The van der Waals surface area contributed by atoms with Gasteiger partial charge in [-0.1, -0.05) is 29.3 Å². The van der Waals surface area contributed by atoms with Gasteiger partial charge in [0.1, 0.15) is 5.82 Å². The Morgan fingerprint density at radius 3 is 2.67 bits per heavy atom. The molecule has 5 nitrogen and oxygen atoms in total. The Balaban J connectivity index is 1.63. The summed E-state index contributed by atoms with van der Waals surface area (Å²) < 4.78 is 14.9. The van der Waals surface area contributed by atoms with E-state index in [1.165, 1.54) is 12.1 Å². The highest BCUT2D eigenvalue weighted by atomic mass is 127. The van der Waals surface area contributed by atoms with Crippen molar-refractivity contribution in [3.63, 3.8) is 0 Å². The SMILES string of the molecule is CC(CCc1ccc(Cl)c(Cl)c1)NC(=O)C1=C(O)C(=O)N(c2ccc(I)cc2F)C1. The van der Waals surface area contributed by atoms with Crippen LogP contribution in [-0.2, 0) is 16.0 Å². The van der Waals surface area contributed by atoms with E-state index >= 15 is 0 Å². The Bertz CT molecular complexity index is 1040. The van der Waals surface area contributed by atoms with Gasteiger partial charge in [0.2, 0.25) is 0 Å². The van der Waals surface area contributed by atoms with Gasteiger partial charge in [0.05, 0.1) is 27.9 Å². The molecule has 0 aromatic heterocycles. The van der Waals surface area contributed by atoms with Gasteiger partial charge >= 0.3 is 0 Å². The van der Waals surface area contributed by atoms with Gasteiger partial charge in [-0.05, 0) is 78.3 Å². The first kappa shape index (κ1) is 22.8. The molecule has 0 saturated carbocycles. The average Bonchev–Trinajstić information content (AvgIpc) is 2.98. The summed E-state index contributed by atoms with van der Waals surface area (Å²) in [4.78, 5) is 26.0. The molecule has 2 aromatic carbocycles. The molecule has 30 heavy (non-hydrogen) atoms. The molecule has 1 aliphatic rings. The first-order valence-corrected chi connectivity index (χ1v) is 10.9. The number of nitrogens with one attached hydrogen (secondary N) is 1. The van der Waals surface area contributed by atoms with Gasteiger partial charge in [-0.15, -0.1) is 0 Å². The van der Waals surface area contributed by atoms with Crippen LogP contribution in [0.1, 0.15) is 18.9 Å². The fraction of sp³-hybridized carbons (Fsp3) is 0.238. The van der Waals surface area contributed by atoms with Crippen LogP contribution in [0.2, 0.25) is 10.0 Å². The third-order valence-corrected chi connectivity index (χ3v) is 6.16. The molecule has 2 N–H and O–H groups in total. The highest BCUT2D eigenvalue weighted by molar-refractivity contribution is 14.1. The second-order valence-electron chi connectivity index (χ2n) is 6.98. The molecule has 1 aliphatic heterocycles. The Kier molecular flexibility index (Phi) is 7.26.